The first-order chi connectivity index (χ1) is 15.6. The molecule has 4 aromatic rings. The lowest BCUT2D eigenvalue weighted by Gasteiger charge is -2.19. The number of carbonyl (C=O) groups excluding carboxylic acids is 1. The molecule has 2 N–H and O–H groups in total. The van der Waals surface area contributed by atoms with E-state index in [1.807, 2.05) is 48.0 Å². The van der Waals surface area contributed by atoms with E-state index in [0.717, 1.165) is 22.5 Å². The van der Waals surface area contributed by atoms with Crippen LogP contribution in [0.5, 0.6) is 23.0 Å². The molecule has 0 fully saturated rings. The van der Waals surface area contributed by atoms with Gasteiger partial charge in [0.25, 0.3) is 5.91 Å². The number of nitrogens with zero attached hydrogens (tertiary/aromatic N) is 3. The number of pyridine rings is 1. The molecule has 2 aromatic carbocycles. The van der Waals surface area contributed by atoms with E-state index >= 15 is 0 Å². The van der Waals surface area contributed by atoms with Crippen molar-refractivity contribution in [2.75, 3.05) is 25.6 Å². The highest BCUT2D eigenvalue weighted by atomic mass is 16.6. The molecule has 9 nitrogen and oxygen atoms in total. The third-order valence-electron chi connectivity index (χ3n) is 5.08. The van der Waals surface area contributed by atoms with Gasteiger partial charge in [0.1, 0.15) is 30.4 Å². The number of ether oxygens (including phenoxy) is 3. The van der Waals surface area contributed by atoms with Gasteiger partial charge >= 0.3 is 0 Å². The van der Waals surface area contributed by atoms with E-state index in [-0.39, 0.29) is 11.6 Å². The first kappa shape index (κ1) is 19.7. The number of nitrogens with one attached hydrogen (secondary N) is 2. The Hall–Kier alpha value is -4.27. The number of hydrogen-bond donors (Lipinski definition) is 2. The fourth-order valence-corrected chi connectivity index (χ4v) is 3.47. The van der Waals surface area contributed by atoms with E-state index in [9.17, 15) is 4.79 Å². The van der Waals surface area contributed by atoms with Crippen LogP contribution in [-0.4, -0.2) is 40.7 Å². The molecule has 0 bridgehead atoms. The number of aryl methyl sites for hydroxylation is 1. The van der Waals surface area contributed by atoms with Crippen LogP contribution in [0.3, 0.4) is 0 Å². The monoisotopic (exact) mass is 431 g/mol. The highest BCUT2D eigenvalue weighted by Gasteiger charge is 2.14. The van der Waals surface area contributed by atoms with Crippen molar-refractivity contribution in [1.29, 1.82) is 0 Å². The van der Waals surface area contributed by atoms with Gasteiger partial charge in [0.05, 0.1) is 11.0 Å². The van der Waals surface area contributed by atoms with E-state index in [1.54, 1.807) is 19.2 Å². The second-order valence-electron chi connectivity index (χ2n) is 7.19. The van der Waals surface area contributed by atoms with Gasteiger partial charge in [0.15, 0.2) is 11.5 Å². The second kappa shape index (κ2) is 8.10. The molecular weight excluding hydrogens is 410 g/mol. The van der Waals surface area contributed by atoms with Gasteiger partial charge in [-0.2, -0.15) is 0 Å². The minimum absolute atomic E-state index is 0.273. The maximum absolute atomic E-state index is 11.8. The molecule has 3 heterocycles. The molecule has 5 rings (SSSR count). The van der Waals surface area contributed by atoms with Crippen LogP contribution in [0, 0.1) is 0 Å². The number of rotatable bonds is 5. The molecular formula is C23H21N5O4. The first-order valence-corrected chi connectivity index (χ1v) is 10.1. The van der Waals surface area contributed by atoms with E-state index in [2.05, 4.69) is 15.6 Å². The minimum Gasteiger partial charge on any atom is -0.486 e. The first-order valence-electron chi connectivity index (χ1n) is 10.1. The Morgan fingerprint density at radius 1 is 1.03 bits per heavy atom. The Balaban J connectivity index is 1.39. The number of hydrogen-bond acceptors (Lipinski definition) is 7. The third kappa shape index (κ3) is 3.76. The average Bonchev–Trinajstić information content (AvgIpc) is 3.13. The lowest BCUT2D eigenvalue weighted by molar-refractivity contribution is 0.0958. The van der Waals surface area contributed by atoms with E-state index < -0.39 is 0 Å². The van der Waals surface area contributed by atoms with Crippen LogP contribution >= 0.6 is 0 Å². The maximum Gasteiger partial charge on any atom is 0.269 e. The van der Waals surface area contributed by atoms with Crippen LogP contribution < -0.4 is 24.8 Å². The number of fused-ring (bicyclic) bond motifs is 2. The summed E-state index contributed by atoms with van der Waals surface area (Å²) in [5.74, 6) is 2.98. The number of carbonyl (C=O) groups is 1. The van der Waals surface area contributed by atoms with Crippen LogP contribution in [0.15, 0.2) is 54.7 Å². The highest BCUT2D eigenvalue weighted by Crippen LogP contribution is 2.34. The minimum atomic E-state index is -0.273. The van der Waals surface area contributed by atoms with Gasteiger partial charge in [-0.25, -0.2) is 4.98 Å². The average molecular weight is 431 g/mol. The second-order valence-corrected chi connectivity index (χ2v) is 7.19. The Morgan fingerprint density at radius 2 is 1.84 bits per heavy atom. The fraction of sp³-hybridized carbons (Fsp3) is 0.174. The molecule has 0 atom stereocenters. The molecule has 1 aliphatic rings. The number of amides is 1. The lowest BCUT2D eigenvalue weighted by atomic mass is 10.2. The summed E-state index contributed by atoms with van der Waals surface area (Å²) in [6.07, 6.45) is 1.54. The summed E-state index contributed by atoms with van der Waals surface area (Å²) in [6.45, 7) is 1.09. The van der Waals surface area contributed by atoms with Crippen molar-refractivity contribution >= 4 is 28.6 Å². The Morgan fingerprint density at radius 3 is 2.69 bits per heavy atom. The Bertz CT molecular complexity index is 1320. The number of anilines is 2. The predicted molar refractivity (Wildman–Crippen MR) is 119 cm³/mol. The standard InChI is InChI=1S/C23H21N5O4/c1-24-22(29)18-13-16(7-8-25-18)32-15-4-5-19-17(12-15)27-23(28(19)2)26-14-3-6-20-21(11-14)31-10-9-30-20/h3-8,11-13H,9-10H2,1-2H3,(H,24,29)(H,26,27). The van der Waals surface area contributed by atoms with Crippen molar-refractivity contribution in [3.63, 3.8) is 0 Å². The van der Waals surface area contributed by atoms with Crippen molar-refractivity contribution in [2.45, 2.75) is 0 Å². The van der Waals surface area contributed by atoms with Gasteiger partial charge in [0.2, 0.25) is 5.95 Å². The molecule has 32 heavy (non-hydrogen) atoms. The van der Waals surface area contributed by atoms with E-state index in [1.165, 1.54) is 6.20 Å². The summed E-state index contributed by atoms with van der Waals surface area (Å²) in [4.78, 5) is 20.6. The number of imidazole rings is 1. The summed E-state index contributed by atoms with van der Waals surface area (Å²) in [6, 6.07) is 14.6. The summed E-state index contributed by atoms with van der Waals surface area (Å²) in [5, 5.41) is 5.88. The molecule has 1 aliphatic heterocycles. The van der Waals surface area contributed by atoms with Crippen molar-refractivity contribution in [3.8, 4) is 23.0 Å². The van der Waals surface area contributed by atoms with Crippen LogP contribution in [-0.2, 0) is 7.05 Å². The van der Waals surface area contributed by atoms with Crippen LogP contribution in [0.4, 0.5) is 11.6 Å². The van der Waals surface area contributed by atoms with Gasteiger partial charge < -0.3 is 29.4 Å². The van der Waals surface area contributed by atoms with E-state index in [4.69, 9.17) is 19.2 Å². The van der Waals surface area contributed by atoms with Crippen molar-refractivity contribution < 1.29 is 19.0 Å². The number of benzene rings is 2. The summed E-state index contributed by atoms with van der Waals surface area (Å²) >= 11 is 0. The molecule has 2 aromatic heterocycles. The van der Waals surface area contributed by atoms with Gasteiger partial charge in [0, 0.05) is 44.2 Å². The van der Waals surface area contributed by atoms with E-state index in [0.29, 0.717) is 36.4 Å². The topological polar surface area (TPSA) is 99.5 Å². The van der Waals surface area contributed by atoms with Gasteiger partial charge in [-0.05, 0) is 30.3 Å². The molecule has 0 saturated heterocycles. The molecule has 0 radical (unpaired) electrons. The summed E-state index contributed by atoms with van der Waals surface area (Å²) in [7, 11) is 3.50. The Labute approximate surface area is 184 Å². The smallest absolute Gasteiger partial charge is 0.269 e. The largest absolute Gasteiger partial charge is 0.486 e. The van der Waals surface area contributed by atoms with Crippen LogP contribution in [0.1, 0.15) is 10.5 Å². The van der Waals surface area contributed by atoms with Crippen LogP contribution in [0.2, 0.25) is 0 Å². The van der Waals surface area contributed by atoms with Crippen molar-refractivity contribution in [1.82, 2.24) is 19.9 Å². The zero-order chi connectivity index (χ0) is 22.1. The fourth-order valence-electron chi connectivity index (χ4n) is 3.47. The predicted octanol–water partition coefficient (Wildman–Crippen LogP) is 3.64. The molecule has 162 valence electrons. The molecule has 1 amide bonds. The molecule has 0 aliphatic carbocycles. The molecule has 0 spiro atoms. The van der Waals surface area contributed by atoms with Gasteiger partial charge in [-0.15, -0.1) is 0 Å². The number of aromatic nitrogens is 3. The zero-order valence-corrected chi connectivity index (χ0v) is 17.6. The summed E-state index contributed by atoms with van der Waals surface area (Å²) < 4.78 is 19.1. The van der Waals surface area contributed by atoms with Crippen molar-refractivity contribution in [3.05, 3.63) is 60.4 Å². The summed E-state index contributed by atoms with van der Waals surface area (Å²) in [5.41, 5.74) is 2.85. The quantitative estimate of drug-likeness (QED) is 0.498. The Kier molecular flexibility index (Phi) is 4.98. The van der Waals surface area contributed by atoms with Gasteiger partial charge in [-0.3, -0.25) is 9.78 Å². The lowest BCUT2D eigenvalue weighted by Crippen LogP contribution is -2.18. The third-order valence-corrected chi connectivity index (χ3v) is 5.08. The SMILES string of the molecule is CNC(=O)c1cc(Oc2ccc3c(c2)nc(Nc2ccc4c(c2)OCCO4)n3C)ccn1. The zero-order valence-electron chi connectivity index (χ0n) is 17.6. The van der Waals surface area contributed by atoms with Crippen molar-refractivity contribution in [2.24, 2.45) is 7.05 Å². The van der Waals surface area contributed by atoms with Crippen LogP contribution in [0.25, 0.3) is 11.0 Å². The van der Waals surface area contributed by atoms with Gasteiger partial charge in [-0.1, -0.05) is 0 Å². The normalized spacial score (nSPS) is 12.4. The molecule has 9 heteroatoms. The molecule has 0 unspecified atom stereocenters. The molecule has 0 saturated carbocycles. The highest BCUT2D eigenvalue weighted by molar-refractivity contribution is 5.92. The maximum atomic E-state index is 11.8.